The van der Waals surface area contributed by atoms with Crippen molar-refractivity contribution < 1.29 is 9.53 Å². The molecule has 2 aromatic carbocycles. The van der Waals surface area contributed by atoms with E-state index in [1.165, 1.54) is 5.56 Å². The van der Waals surface area contributed by atoms with E-state index >= 15 is 0 Å². The molecular formula is C26H24N4O2. The summed E-state index contributed by atoms with van der Waals surface area (Å²) in [6, 6.07) is 21.4. The van der Waals surface area contributed by atoms with E-state index in [1.807, 2.05) is 60.7 Å². The van der Waals surface area contributed by atoms with Gasteiger partial charge in [0, 0.05) is 48.7 Å². The van der Waals surface area contributed by atoms with Crippen LogP contribution in [0, 0.1) is 0 Å². The smallest absolute Gasteiger partial charge is 0.256 e. The topological polar surface area (TPSA) is 67.4 Å². The number of anilines is 1. The van der Waals surface area contributed by atoms with Crippen molar-refractivity contribution in [2.75, 3.05) is 31.6 Å². The minimum atomic E-state index is -0.151. The van der Waals surface area contributed by atoms with Gasteiger partial charge < -0.3 is 10.1 Å². The van der Waals surface area contributed by atoms with Crippen LogP contribution in [0.15, 0.2) is 79.1 Å². The van der Waals surface area contributed by atoms with Crippen molar-refractivity contribution >= 4 is 22.5 Å². The molecule has 3 heterocycles. The summed E-state index contributed by atoms with van der Waals surface area (Å²) in [5.41, 5.74) is 5.01. The van der Waals surface area contributed by atoms with Crippen LogP contribution >= 0.6 is 0 Å². The fourth-order valence-electron chi connectivity index (χ4n) is 4.00. The van der Waals surface area contributed by atoms with Crippen molar-refractivity contribution in [3.8, 4) is 11.3 Å². The number of carbonyl (C=O) groups excluding carboxylic acids is 1. The highest BCUT2D eigenvalue weighted by atomic mass is 16.5. The molecule has 32 heavy (non-hydrogen) atoms. The van der Waals surface area contributed by atoms with Crippen molar-refractivity contribution in [3.05, 3.63) is 90.3 Å². The lowest BCUT2D eigenvalue weighted by Gasteiger charge is -2.26. The number of rotatable bonds is 5. The van der Waals surface area contributed by atoms with Crippen molar-refractivity contribution in [2.24, 2.45) is 0 Å². The Bertz CT molecular complexity index is 1240. The molecule has 0 saturated carbocycles. The number of benzene rings is 2. The number of hydrogen-bond donors (Lipinski definition) is 1. The number of hydrogen-bond acceptors (Lipinski definition) is 5. The maximum absolute atomic E-state index is 13.3. The minimum Gasteiger partial charge on any atom is -0.379 e. The summed E-state index contributed by atoms with van der Waals surface area (Å²) in [4.78, 5) is 24.5. The second kappa shape index (κ2) is 9.26. The molecule has 4 aromatic rings. The van der Waals surface area contributed by atoms with Gasteiger partial charge in [-0.3, -0.25) is 14.7 Å². The Kier molecular flexibility index (Phi) is 5.87. The van der Waals surface area contributed by atoms with Crippen LogP contribution in [0.3, 0.4) is 0 Å². The van der Waals surface area contributed by atoms with Gasteiger partial charge in [0.2, 0.25) is 0 Å². The van der Waals surface area contributed by atoms with Gasteiger partial charge in [0.15, 0.2) is 0 Å². The van der Waals surface area contributed by atoms with Crippen molar-refractivity contribution in [3.63, 3.8) is 0 Å². The standard InChI is InChI=1S/C26H24N4O2/c31-26(28-21-5-3-4-19(16-21)18-30-12-14-32-15-13-30)23-17-25(20-8-10-27-11-9-20)29-24-7-2-1-6-22(23)24/h1-11,16-17H,12-15,18H2,(H,28,31). The number of morpholine rings is 1. The number of aromatic nitrogens is 2. The summed E-state index contributed by atoms with van der Waals surface area (Å²) in [5.74, 6) is -0.151. The first kappa shape index (κ1) is 20.3. The number of ether oxygens (including phenoxy) is 1. The number of fused-ring (bicyclic) bond motifs is 1. The van der Waals surface area contributed by atoms with Gasteiger partial charge in [0.25, 0.3) is 5.91 Å². The second-order valence-corrected chi connectivity index (χ2v) is 7.85. The molecule has 0 radical (unpaired) electrons. The maximum atomic E-state index is 13.3. The predicted octanol–water partition coefficient (Wildman–Crippen LogP) is 4.38. The lowest BCUT2D eigenvalue weighted by Crippen LogP contribution is -2.35. The van der Waals surface area contributed by atoms with E-state index in [2.05, 4.69) is 21.3 Å². The van der Waals surface area contributed by atoms with Gasteiger partial charge in [-0.15, -0.1) is 0 Å². The van der Waals surface area contributed by atoms with Crippen molar-refractivity contribution in [1.82, 2.24) is 14.9 Å². The Morgan fingerprint density at radius 3 is 2.62 bits per heavy atom. The van der Waals surface area contributed by atoms with Gasteiger partial charge in [-0.2, -0.15) is 0 Å². The quantitative estimate of drug-likeness (QED) is 0.515. The molecule has 0 atom stereocenters. The number of nitrogens with one attached hydrogen (secondary N) is 1. The summed E-state index contributed by atoms with van der Waals surface area (Å²) in [6.07, 6.45) is 3.46. The first-order chi connectivity index (χ1) is 15.8. The van der Waals surface area contributed by atoms with Crippen LogP contribution in [-0.4, -0.2) is 47.1 Å². The van der Waals surface area contributed by atoms with E-state index in [1.54, 1.807) is 12.4 Å². The highest BCUT2D eigenvalue weighted by Gasteiger charge is 2.15. The molecule has 160 valence electrons. The van der Waals surface area contributed by atoms with Crippen LogP contribution in [0.5, 0.6) is 0 Å². The third-order valence-electron chi connectivity index (χ3n) is 5.63. The zero-order chi connectivity index (χ0) is 21.8. The summed E-state index contributed by atoms with van der Waals surface area (Å²) in [7, 11) is 0. The van der Waals surface area contributed by atoms with Crippen LogP contribution in [0.25, 0.3) is 22.2 Å². The lowest BCUT2D eigenvalue weighted by molar-refractivity contribution is 0.0342. The SMILES string of the molecule is O=C(Nc1cccc(CN2CCOCC2)c1)c1cc(-c2ccncc2)nc2ccccc12. The number of amides is 1. The Hall–Kier alpha value is -3.61. The summed E-state index contributed by atoms with van der Waals surface area (Å²) < 4.78 is 5.43. The molecule has 0 spiro atoms. The van der Waals surface area contributed by atoms with Gasteiger partial charge in [-0.05, 0) is 42.0 Å². The average molecular weight is 425 g/mol. The third kappa shape index (κ3) is 4.51. The lowest BCUT2D eigenvalue weighted by atomic mass is 10.0. The molecule has 1 aliphatic rings. The van der Waals surface area contributed by atoms with Crippen molar-refractivity contribution in [2.45, 2.75) is 6.54 Å². The fraction of sp³-hybridized carbons (Fsp3) is 0.192. The molecule has 6 heteroatoms. The Balaban J connectivity index is 1.43. The van der Waals surface area contributed by atoms with E-state index < -0.39 is 0 Å². The minimum absolute atomic E-state index is 0.151. The molecule has 1 fully saturated rings. The zero-order valence-electron chi connectivity index (χ0n) is 17.7. The largest absolute Gasteiger partial charge is 0.379 e. The second-order valence-electron chi connectivity index (χ2n) is 7.85. The van der Waals surface area contributed by atoms with Crippen LogP contribution < -0.4 is 5.32 Å². The first-order valence-corrected chi connectivity index (χ1v) is 10.8. The van der Waals surface area contributed by atoms with Crippen LogP contribution in [0.2, 0.25) is 0 Å². The average Bonchev–Trinajstić information content (AvgIpc) is 2.85. The van der Waals surface area contributed by atoms with E-state index in [0.717, 1.165) is 60.7 Å². The van der Waals surface area contributed by atoms with Crippen LogP contribution in [0.4, 0.5) is 5.69 Å². The number of carbonyl (C=O) groups is 1. The molecule has 0 unspecified atom stereocenters. The molecule has 1 N–H and O–H groups in total. The van der Waals surface area contributed by atoms with E-state index in [9.17, 15) is 4.79 Å². The summed E-state index contributed by atoms with van der Waals surface area (Å²) in [5, 5.41) is 3.91. The maximum Gasteiger partial charge on any atom is 0.256 e. The number of para-hydroxylation sites is 1. The molecule has 0 aliphatic carbocycles. The van der Waals surface area contributed by atoms with Gasteiger partial charge in [0.1, 0.15) is 0 Å². The molecular weight excluding hydrogens is 400 g/mol. The molecule has 0 bridgehead atoms. The van der Waals surface area contributed by atoms with Gasteiger partial charge in [0.05, 0.1) is 30.0 Å². The molecule has 1 aliphatic heterocycles. The summed E-state index contributed by atoms with van der Waals surface area (Å²) >= 11 is 0. The van der Waals surface area contributed by atoms with E-state index in [4.69, 9.17) is 9.72 Å². The normalized spacial score (nSPS) is 14.4. The molecule has 2 aromatic heterocycles. The van der Waals surface area contributed by atoms with E-state index in [0.29, 0.717) is 5.56 Å². The Morgan fingerprint density at radius 1 is 0.969 bits per heavy atom. The fourth-order valence-corrected chi connectivity index (χ4v) is 4.00. The van der Waals surface area contributed by atoms with Gasteiger partial charge >= 0.3 is 0 Å². The number of nitrogens with zero attached hydrogens (tertiary/aromatic N) is 3. The first-order valence-electron chi connectivity index (χ1n) is 10.8. The van der Waals surface area contributed by atoms with E-state index in [-0.39, 0.29) is 5.91 Å². The Morgan fingerprint density at radius 2 is 1.78 bits per heavy atom. The highest BCUT2D eigenvalue weighted by Crippen LogP contribution is 2.25. The predicted molar refractivity (Wildman–Crippen MR) is 125 cm³/mol. The summed E-state index contributed by atoms with van der Waals surface area (Å²) in [6.45, 7) is 4.24. The third-order valence-corrected chi connectivity index (χ3v) is 5.63. The molecule has 5 rings (SSSR count). The molecule has 1 saturated heterocycles. The van der Waals surface area contributed by atoms with Crippen molar-refractivity contribution in [1.29, 1.82) is 0 Å². The zero-order valence-corrected chi connectivity index (χ0v) is 17.7. The molecule has 6 nitrogen and oxygen atoms in total. The number of pyridine rings is 2. The van der Waals surface area contributed by atoms with Gasteiger partial charge in [-0.25, -0.2) is 4.98 Å². The molecule has 1 amide bonds. The van der Waals surface area contributed by atoms with Gasteiger partial charge in [-0.1, -0.05) is 30.3 Å². The van der Waals surface area contributed by atoms with Crippen LogP contribution in [0.1, 0.15) is 15.9 Å². The monoisotopic (exact) mass is 424 g/mol. The highest BCUT2D eigenvalue weighted by molar-refractivity contribution is 6.13. The Labute approximate surface area is 186 Å². The van der Waals surface area contributed by atoms with Crippen LogP contribution in [-0.2, 0) is 11.3 Å².